The van der Waals surface area contributed by atoms with Gasteiger partial charge in [0.15, 0.2) is 0 Å². The van der Waals surface area contributed by atoms with Crippen molar-refractivity contribution in [3.8, 4) is 6.07 Å². The molecule has 0 aromatic carbocycles. The molecule has 1 aromatic heterocycles. The van der Waals surface area contributed by atoms with Crippen LogP contribution in [0.25, 0.3) is 0 Å². The molecule has 0 radical (unpaired) electrons. The van der Waals surface area contributed by atoms with Gasteiger partial charge >= 0.3 is 5.69 Å². The Bertz CT molecular complexity index is 495. The summed E-state index contributed by atoms with van der Waals surface area (Å²) in [4.78, 5) is 14.0. The summed E-state index contributed by atoms with van der Waals surface area (Å²) in [5, 5.41) is 22.6. The van der Waals surface area contributed by atoms with E-state index in [9.17, 15) is 10.1 Å². The van der Waals surface area contributed by atoms with E-state index in [-0.39, 0.29) is 17.4 Å². The Labute approximate surface area is 111 Å². The molecule has 0 aliphatic carbocycles. The van der Waals surface area contributed by atoms with Crippen LogP contribution in [0, 0.1) is 27.4 Å². The van der Waals surface area contributed by atoms with Gasteiger partial charge in [-0.2, -0.15) is 5.26 Å². The molecule has 7 heteroatoms. The SMILES string of the molecule is CC(C)CC(CN)Nc1ccc([N+](=O)[O-])c(C#N)n1. The van der Waals surface area contributed by atoms with Crippen molar-refractivity contribution >= 4 is 11.5 Å². The molecule has 0 amide bonds. The summed E-state index contributed by atoms with van der Waals surface area (Å²) >= 11 is 0. The van der Waals surface area contributed by atoms with Crippen molar-refractivity contribution in [2.24, 2.45) is 11.7 Å². The van der Waals surface area contributed by atoms with Gasteiger partial charge in [0.1, 0.15) is 11.9 Å². The molecule has 3 N–H and O–H groups in total. The Morgan fingerprint density at radius 2 is 2.26 bits per heavy atom. The first kappa shape index (κ1) is 14.9. The molecule has 1 heterocycles. The van der Waals surface area contributed by atoms with Gasteiger partial charge in [0.2, 0.25) is 5.69 Å². The fourth-order valence-corrected chi connectivity index (χ4v) is 1.75. The van der Waals surface area contributed by atoms with Crippen LogP contribution < -0.4 is 11.1 Å². The van der Waals surface area contributed by atoms with Crippen molar-refractivity contribution in [1.82, 2.24) is 4.98 Å². The highest BCUT2D eigenvalue weighted by atomic mass is 16.6. The Hall–Kier alpha value is -2.20. The molecular weight excluding hydrogens is 246 g/mol. The summed E-state index contributed by atoms with van der Waals surface area (Å²) in [6.07, 6.45) is 0.858. The Kier molecular flexibility index (Phi) is 5.21. The summed E-state index contributed by atoms with van der Waals surface area (Å²) < 4.78 is 0. The number of rotatable bonds is 6. The number of hydrogen-bond acceptors (Lipinski definition) is 6. The lowest BCUT2D eigenvalue weighted by atomic mass is 10.0. The maximum absolute atomic E-state index is 10.7. The van der Waals surface area contributed by atoms with Gasteiger partial charge in [-0.05, 0) is 18.4 Å². The van der Waals surface area contributed by atoms with E-state index in [0.717, 1.165) is 6.42 Å². The molecule has 0 fully saturated rings. The van der Waals surface area contributed by atoms with Crippen molar-refractivity contribution in [2.75, 3.05) is 11.9 Å². The standard InChI is InChI=1S/C12H17N5O2/c1-8(2)5-9(6-13)15-12-4-3-11(17(18)19)10(7-14)16-12/h3-4,8-9H,5-6,13H2,1-2H3,(H,15,16). The minimum atomic E-state index is -0.621. The monoisotopic (exact) mass is 263 g/mol. The molecule has 102 valence electrons. The molecule has 0 saturated carbocycles. The predicted molar refractivity (Wildman–Crippen MR) is 71.5 cm³/mol. The van der Waals surface area contributed by atoms with Crippen molar-refractivity contribution in [3.05, 3.63) is 27.9 Å². The average Bonchev–Trinajstić information content (AvgIpc) is 2.36. The Balaban J connectivity index is 2.91. The molecule has 1 atom stereocenters. The molecule has 19 heavy (non-hydrogen) atoms. The summed E-state index contributed by atoms with van der Waals surface area (Å²) in [5.41, 5.74) is 5.16. The van der Waals surface area contributed by atoms with E-state index in [2.05, 4.69) is 24.1 Å². The molecule has 0 saturated heterocycles. The number of nitrogens with one attached hydrogen (secondary N) is 1. The first-order valence-electron chi connectivity index (χ1n) is 6.00. The lowest BCUT2D eigenvalue weighted by molar-refractivity contribution is -0.385. The number of nitro groups is 1. The van der Waals surface area contributed by atoms with Crippen LogP contribution in [0.15, 0.2) is 12.1 Å². The van der Waals surface area contributed by atoms with Crippen LogP contribution in [0.5, 0.6) is 0 Å². The van der Waals surface area contributed by atoms with E-state index < -0.39 is 4.92 Å². The lowest BCUT2D eigenvalue weighted by Crippen LogP contribution is -2.30. The van der Waals surface area contributed by atoms with Crippen molar-refractivity contribution in [1.29, 1.82) is 5.26 Å². The zero-order chi connectivity index (χ0) is 14.4. The van der Waals surface area contributed by atoms with Crippen molar-refractivity contribution < 1.29 is 4.92 Å². The smallest absolute Gasteiger partial charge is 0.305 e. The molecule has 0 bridgehead atoms. The second-order valence-electron chi connectivity index (χ2n) is 4.64. The maximum atomic E-state index is 10.7. The summed E-state index contributed by atoms with van der Waals surface area (Å²) in [7, 11) is 0. The minimum Gasteiger partial charge on any atom is -0.366 e. The summed E-state index contributed by atoms with van der Waals surface area (Å²) in [5.74, 6) is 0.896. The molecule has 1 rings (SSSR count). The van der Waals surface area contributed by atoms with Crippen molar-refractivity contribution in [3.63, 3.8) is 0 Å². The molecule has 1 unspecified atom stereocenters. The number of aromatic nitrogens is 1. The van der Waals surface area contributed by atoms with Gasteiger partial charge in [-0.3, -0.25) is 10.1 Å². The van der Waals surface area contributed by atoms with Crippen LogP contribution in [0.4, 0.5) is 11.5 Å². The molecule has 0 aliphatic rings. The number of nitriles is 1. The minimum absolute atomic E-state index is 0.0282. The fourth-order valence-electron chi connectivity index (χ4n) is 1.75. The Morgan fingerprint density at radius 1 is 1.58 bits per heavy atom. The van der Waals surface area contributed by atoms with E-state index in [0.29, 0.717) is 18.3 Å². The number of nitrogens with zero attached hydrogens (tertiary/aromatic N) is 3. The number of hydrogen-bond donors (Lipinski definition) is 2. The summed E-state index contributed by atoms with van der Waals surface area (Å²) in [6.45, 7) is 4.58. The first-order chi connectivity index (χ1) is 8.97. The zero-order valence-electron chi connectivity index (χ0n) is 11.0. The van der Waals surface area contributed by atoms with E-state index in [1.54, 1.807) is 6.07 Å². The zero-order valence-corrected chi connectivity index (χ0v) is 11.0. The van der Waals surface area contributed by atoms with Crippen LogP contribution >= 0.6 is 0 Å². The number of pyridine rings is 1. The third-order valence-corrected chi connectivity index (χ3v) is 2.57. The third-order valence-electron chi connectivity index (χ3n) is 2.57. The van der Waals surface area contributed by atoms with Gasteiger partial charge in [0.25, 0.3) is 0 Å². The van der Waals surface area contributed by atoms with Gasteiger partial charge in [-0.1, -0.05) is 13.8 Å². The van der Waals surface area contributed by atoms with Crippen molar-refractivity contribution in [2.45, 2.75) is 26.3 Å². The molecule has 1 aromatic rings. The highest BCUT2D eigenvalue weighted by molar-refractivity contribution is 5.50. The second kappa shape index (κ2) is 6.66. The van der Waals surface area contributed by atoms with Crippen LogP contribution in [-0.2, 0) is 0 Å². The van der Waals surface area contributed by atoms with E-state index >= 15 is 0 Å². The van der Waals surface area contributed by atoms with E-state index in [1.807, 2.05) is 0 Å². The van der Waals surface area contributed by atoms with Crippen LogP contribution in [0.3, 0.4) is 0 Å². The molecule has 0 aliphatic heterocycles. The van der Waals surface area contributed by atoms with E-state index in [1.165, 1.54) is 12.1 Å². The quantitative estimate of drug-likeness (QED) is 0.595. The predicted octanol–water partition coefficient (Wildman–Crippen LogP) is 1.65. The van der Waals surface area contributed by atoms with Gasteiger partial charge in [-0.15, -0.1) is 0 Å². The molecule has 0 spiro atoms. The third kappa shape index (κ3) is 4.19. The molecular formula is C12H17N5O2. The van der Waals surface area contributed by atoms with Crippen LogP contribution in [0.1, 0.15) is 26.0 Å². The second-order valence-corrected chi connectivity index (χ2v) is 4.64. The largest absolute Gasteiger partial charge is 0.366 e. The van der Waals surface area contributed by atoms with Gasteiger partial charge in [-0.25, -0.2) is 4.98 Å². The number of anilines is 1. The van der Waals surface area contributed by atoms with Gasteiger partial charge < -0.3 is 11.1 Å². The first-order valence-corrected chi connectivity index (χ1v) is 6.00. The van der Waals surface area contributed by atoms with Gasteiger partial charge in [0.05, 0.1) is 4.92 Å². The highest BCUT2D eigenvalue weighted by Crippen LogP contribution is 2.19. The number of nitrogens with two attached hydrogens (primary N) is 1. The average molecular weight is 263 g/mol. The lowest BCUT2D eigenvalue weighted by Gasteiger charge is -2.19. The fraction of sp³-hybridized carbons (Fsp3) is 0.500. The van der Waals surface area contributed by atoms with Gasteiger partial charge in [0, 0.05) is 18.7 Å². The Morgan fingerprint density at radius 3 is 2.74 bits per heavy atom. The highest BCUT2D eigenvalue weighted by Gasteiger charge is 2.17. The van der Waals surface area contributed by atoms with Crippen LogP contribution in [-0.4, -0.2) is 22.5 Å². The summed E-state index contributed by atoms with van der Waals surface area (Å²) in [6, 6.07) is 4.52. The molecule has 7 nitrogen and oxygen atoms in total. The topological polar surface area (TPSA) is 118 Å². The van der Waals surface area contributed by atoms with Crippen LogP contribution in [0.2, 0.25) is 0 Å². The van der Waals surface area contributed by atoms with E-state index in [4.69, 9.17) is 11.0 Å². The maximum Gasteiger partial charge on any atom is 0.305 e. The normalized spacial score (nSPS) is 11.9.